The van der Waals surface area contributed by atoms with E-state index in [1.54, 1.807) is 0 Å². The Morgan fingerprint density at radius 3 is 2.67 bits per heavy atom. The van der Waals surface area contributed by atoms with E-state index in [0.717, 1.165) is 0 Å². The number of ether oxygens (including phenoxy) is 2. The molecule has 0 amide bonds. The number of hydrogen-bond acceptors (Lipinski definition) is 3. The van der Waals surface area contributed by atoms with E-state index in [1.165, 1.54) is 0 Å². The third-order valence-electron chi connectivity index (χ3n) is 1.84. The van der Waals surface area contributed by atoms with Gasteiger partial charge >= 0.3 is 5.97 Å². The maximum atomic E-state index is 10.9. The summed E-state index contributed by atoms with van der Waals surface area (Å²) in [6.45, 7) is 4.28. The first kappa shape index (κ1) is 9.48. The van der Waals surface area contributed by atoms with Gasteiger partial charge in [-0.15, -0.1) is 0 Å². The molecule has 1 heterocycles. The monoisotopic (exact) mass is 174 g/mol. The second-order valence-electron chi connectivity index (χ2n) is 3.27. The minimum Gasteiger partial charge on any atom is -0.479 e. The molecule has 1 fully saturated rings. The van der Waals surface area contributed by atoms with E-state index >= 15 is 0 Å². The van der Waals surface area contributed by atoms with Crippen LogP contribution in [-0.4, -0.2) is 36.0 Å². The largest absolute Gasteiger partial charge is 0.479 e. The molecule has 0 aliphatic carbocycles. The maximum Gasteiger partial charge on any atom is 0.338 e. The highest BCUT2D eigenvalue weighted by Gasteiger charge is 2.44. The number of carbonyl (C=O) groups is 1. The lowest BCUT2D eigenvalue weighted by molar-refractivity contribution is -0.171. The van der Waals surface area contributed by atoms with Crippen LogP contribution in [0.5, 0.6) is 0 Å². The van der Waals surface area contributed by atoms with Gasteiger partial charge in [-0.05, 0) is 13.8 Å². The molecule has 0 aromatic heterocycles. The average molecular weight is 174 g/mol. The molecule has 1 aliphatic heterocycles. The summed E-state index contributed by atoms with van der Waals surface area (Å²) in [5.41, 5.74) is -1.09. The highest BCUT2D eigenvalue weighted by Crippen LogP contribution is 2.24. The van der Waals surface area contributed by atoms with Crippen molar-refractivity contribution < 1.29 is 19.4 Å². The van der Waals surface area contributed by atoms with Crippen LogP contribution in [0.15, 0.2) is 0 Å². The molecule has 4 heteroatoms. The Bertz CT molecular complexity index is 170. The van der Waals surface area contributed by atoms with Crippen LogP contribution in [0.1, 0.15) is 20.3 Å². The highest BCUT2D eigenvalue weighted by molar-refractivity contribution is 5.78. The fraction of sp³-hybridized carbons (Fsp3) is 0.875. The predicted molar refractivity (Wildman–Crippen MR) is 42.0 cm³/mol. The predicted octanol–water partition coefficient (Wildman–Crippen LogP) is 0.655. The van der Waals surface area contributed by atoms with E-state index in [2.05, 4.69) is 0 Å². The Balaban J connectivity index is 2.65. The van der Waals surface area contributed by atoms with Gasteiger partial charge in [0.1, 0.15) is 0 Å². The molecule has 1 rings (SSSR count). The molecule has 0 radical (unpaired) electrons. The molecule has 1 aliphatic rings. The zero-order valence-corrected chi connectivity index (χ0v) is 7.37. The molecule has 1 N–H and O–H groups in total. The standard InChI is InChI=1S/C8H14O4/c1-6(2)12-8(7(9)10)3-4-11-5-8/h6H,3-5H2,1-2H3,(H,9,10). The van der Waals surface area contributed by atoms with Crippen molar-refractivity contribution in [3.63, 3.8) is 0 Å². The van der Waals surface area contributed by atoms with Gasteiger partial charge < -0.3 is 14.6 Å². The molecule has 1 saturated heterocycles. The number of rotatable bonds is 3. The third-order valence-corrected chi connectivity index (χ3v) is 1.84. The second-order valence-corrected chi connectivity index (χ2v) is 3.27. The Hall–Kier alpha value is -0.610. The molecule has 0 spiro atoms. The van der Waals surface area contributed by atoms with Crippen molar-refractivity contribution in [2.45, 2.75) is 32.0 Å². The summed E-state index contributed by atoms with van der Waals surface area (Å²) in [5, 5.41) is 8.91. The van der Waals surface area contributed by atoms with Crippen molar-refractivity contribution in [3.05, 3.63) is 0 Å². The summed E-state index contributed by atoms with van der Waals surface area (Å²) >= 11 is 0. The number of carboxylic acids is 1. The summed E-state index contributed by atoms with van der Waals surface area (Å²) in [7, 11) is 0. The normalized spacial score (nSPS) is 29.6. The molecular weight excluding hydrogens is 160 g/mol. The number of aliphatic carboxylic acids is 1. The van der Waals surface area contributed by atoms with Crippen LogP contribution in [-0.2, 0) is 14.3 Å². The van der Waals surface area contributed by atoms with Crippen molar-refractivity contribution in [2.75, 3.05) is 13.2 Å². The third kappa shape index (κ3) is 1.76. The van der Waals surface area contributed by atoms with E-state index in [0.29, 0.717) is 13.0 Å². The summed E-state index contributed by atoms with van der Waals surface area (Å²) in [5.74, 6) is -0.922. The van der Waals surface area contributed by atoms with Gasteiger partial charge in [-0.1, -0.05) is 0 Å². The van der Waals surface area contributed by atoms with Crippen LogP contribution in [0.25, 0.3) is 0 Å². The SMILES string of the molecule is CC(C)OC1(C(=O)O)CCOC1. The van der Waals surface area contributed by atoms with E-state index in [1.807, 2.05) is 13.8 Å². The summed E-state index contributed by atoms with van der Waals surface area (Å²) < 4.78 is 10.4. The first-order valence-corrected chi connectivity index (χ1v) is 4.06. The van der Waals surface area contributed by atoms with Crippen LogP contribution in [0.2, 0.25) is 0 Å². The average Bonchev–Trinajstić information content (AvgIpc) is 2.35. The van der Waals surface area contributed by atoms with Crippen molar-refractivity contribution in [2.24, 2.45) is 0 Å². The van der Waals surface area contributed by atoms with Crippen molar-refractivity contribution in [1.82, 2.24) is 0 Å². The Labute approximate surface area is 71.5 Å². The fourth-order valence-corrected chi connectivity index (χ4v) is 1.31. The molecule has 70 valence electrons. The van der Waals surface area contributed by atoms with E-state index in [-0.39, 0.29) is 12.7 Å². The van der Waals surface area contributed by atoms with Gasteiger partial charge in [-0.2, -0.15) is 0 Å². The summed E-state index contributed by atoms with van der Waals surface area (Å²) in [6, 6.07) is 0. The first-order valence-electron chi connectivity index (χ1n) is 4.06. The topological polar surface area (TPSA) is 55.8 Å². The lowest BCUT2D eigenvalue weighted by atomic mass is 10.0. The smallest absolute Gasteiger partial charge is 0.338 e. The molecule has 0 saturated carbocycles. The number of carboxylic acid groups (broad SMARTS) is 1. The van der Waals surface area contributed by atoms with Gasteiger partial charge in [0.2, 0.25) is 0 Å². The zero-order valence-electron chi connectivity index (χ0n) is 7.37. The van der Waals surface area contributed by atoms with E-state index in [4.69, 9.17) is 14.6 Å². The van der Waals surface area contributed by atoms with Crippen LogP contribution >= 0.6 is 0 Å². The van der Waals surface area contributed by atoms with Crippen LogP contribution in [0.4, 0.5) is 0 Å². The van der Waals surface area contributed by atoms with E-state index < -0.39 is 11.6 Å². The quantitative estimate of drug-likeness (QED) is 0.682. The summed E-state index contributed by atoms with van der Waals surface area (Å²) in [4.78, 5) is 10.9. The van der Waals surface area contributed by atoms with Crippen molar-refractivity contribution >= 4 is 5.97 Å². The van der Waals surface area contributed by atoms with Gasteiger partial charge in [0, 0.05) is 6.42 Å². The lowest BCUT2D eigenvalue weighted by Gasteiger charge is -2.25. The van der Waals surface area contributed by atoms with Gasteiger partial charge in [0.05, 0.1) is 19.3 Å². The van der Waals surface area contributed by atoms with Crippen LogP contribution in [0, 0.1) is 0 Å². The molecule has 0 aromatic carbocycles. The number of hydrogen-bond donors (Lipinski definition) is 1. The van der Waals surface area contributed by atoms with Gasteiger partial charge in [-0.25, -0.2) is 4.79 Å². The minimum absolute atomic E-state index is 0.0807. The van der Waals surface area contributed by atoms with Crippen molar-refractivity contribution in [1.29, 1.82) is 0 Å². The van der Waals surface area contributed by atoms with E-state index in [9.17, 15) is 4.79 Å². The molecule has 1 atom stereocenters. The molecule has 4 nitrogen and oxygen atoms in total. The molecule has 0 bridgehead atoms. The second kappa shape index (κ2) is 3.41. The zero-order chi connectivity index (χ0) is 9.19. The Morgan fingerprint density at radius 2 is 2.33 bits per heavy atom. The summed E-state index contributed by atoms with van der Waals surface area (Å²) in [6.07, 6.45) is 0.364. The van der Waals surface area contributed by atoms with Crippen molar-refractivity contribution in [3.8, 4) is 0 Å². The molecule has 12 heavy (non-hydrogen) atoms. The van der Waals surface area contributed by atoms with Gasteiger partial charge in [-0.3, -0.25) is 0 Å². The minimum atomic E-state index is -1.09. The molecular formula is C8H14O4. The van der Waals surface area contributed by atoms with Gasteiger partial charge in [0.25, 0.3) is 0 Å². The highest BCUT2D eigenvalue weighted by atomic mass is 16.6. The van der Waals surface area contributed by atoms with Gasteiger partial charge in [0.15, 0.2) is 5.60 Å². The maximum absolute atomic E-state index is 10.9. The molecule has 1 unspecified atom stereocenters. The fourth-order valence-electron chi connectivity index (χ4n) is 1.31. The van der Waals surface area contributed by atoms with Crippen LogP contribution in [0.3, 0.4) is 0 Å². The lowest BCUT2D eigenvalue weighted by Crippen LogP contribution is -2.44. The van der Waals surface area contributed by atoms with Crippen LogP contribution < -0.4 is 0 Å². The Morgan fingerprint density at radius 1 is 1.67 bits per heavy atom. The molecule has 0 aromatic rings. The Kier molecular flexibility index (Phi) is 2.69. The first-order chi connectivity index (χ1) is 5.57.